The van der Waals surface area contributed by atoms with Crippen molar-refractivity contribution in [2.75, 3.05) is 10.6 Å². The van der Waals surface area contributed by atoms with Gasteiger partial charge in [-0.2, -0.15) is 0 Å². The van der Waals surface area contributed by atoms with Gasteiger partial charge in [0.1, 0.15) is 0 Å². The van der Waals surface area contributed by atoms with Gasteiger partial charge >= 0.3 is 100 Å². The van der Waals surface area contributed by atoms with Gasteiger partial charge in [-0.3, -0.25) is 5.73 Å². The van der Waals surface area contributed by atoms with Crippen LogP contribution in [0.5, 0.6) is 0 Å². The summed E-state index contributed by atoms with van der Waals surface area (Å²) >= 11 is 1.54. The van der Waals surface area contributed by atoms with Crippen LogP contribution < -0.4 is 16.4 Å². The Morgan fingerprint density at radius 1 is 0.488 bits per heavy atom. The SMILES string of the molecule is Cc1c(C)c(C)c(NC(C)(N)Nc2c(C)c(C)c(C)c(C)c2C)c(C)c1C.[Zr][CH](c1ccccc1)c1ccccc1. The molecule has 215 valence electrons. The van der Waals surface area contributed by atoms with Crippen LogP contribution in [0.3, 0.4) is 0 Å². The van der Waals surface area contributed by atoms with E-state index < -0.39 is 5.79 Å². The van der Waals surface area contributed by atoms with Crippen molar-refractivity contribution in [3.63, 3.8) is 0 Å². The first-order valence-electron chi connectivity index (χ1n) is 14.5. The summed E-state index contributed by atoms with van der Waals surface area (Å²) in [5.41, 5.74) is 24.9. The Bertz CT molecular complexity index is 1330. The fourth-order valence-corrected chi connectivity index (χ4v) is 6.36. The predicted octanol–water partition coefficient (Wildman–Crippen LogP) is 9.25. The molecule has 0 heterocycles. The summed E-state index contributed by atoms with van der Waals surface area (Å²) in [4.78, 5) is 0. The van der Waals surface area contributed by atoms with Crippen LogP contribution >= 0.6 is 0 Å². The van der Waals surface area contributed by atoms with Crippen LogP contribution in [-0.2, 0) is 24.7 Å². The first-order valence-corrected chi connectivity index (χ1v) is 15.9. The molecule has 0 unspecified atom stereocenters. The quantitative estimate of drug-likeness (QED) is 0.187. The van der Waals surface area contributed by atoms with Gasteiger partial charge < -0.3 is 10.6 Å². The Hall–Kier alpha value is -2.68. The molecule has 0 spiro atoms. The van der Waals surface area contributed by atoms with Crippen molar-refractivity contribution in [3.8, 4) is 0 Å². The van der Waals surface area contributed by atoms with Gasteiger partial charge in [-0.05, 0) is 132 Å². The number of hydrogen-bond donors (Lipinski definition) is 3. The second-order valence-electron chi connectivity index (χ2n) is 11.7. The molecule has 41 heavy (non-hydrogen) atoms. The molecule has 3 nitrogen and oxygen atoms in total. The minimum absolute atomic E-state index is 0.574. The van der Waals surface area contributed by atoms with Gasteiger partial charge in [0.05, 0.1) is 0 Å². The van der Waals surface area contributed by atoms with Gasteiger partial charge in [-0.15, -0.1) is 0 Å². The number of rotatable bonds is 6. The first-order chi connectivity index (χ1) is 19.2. The zero-order valence-electron chi connectivity index (χ0n) is 26.9. The maximum absolute atomic E-state index is 6.71. The monoisotopic (exact) mass is 624 g/mol. The fraction of sp³-hybridized carbons (Fsp3) is 0.351. The number of nitrogens with two attached hydrogens (primary N) is 1. The zero-order valence-corrected chi connectivity index (χ0v) is 29.4. The third kappa shape index (κ3) is 7.40. The van der Waals surface area contributed by atoms with Crippen LogP contribution in [0.25, 0.3) is 0 Å². The number of benzene rings is 4. The normalized spacial score (nSPS) is 11.2. The Kier molecular flexibility index (Phi) is 10.8. The average Bonchev–Trinajstić information content (AvgIpc) is 2.98. The van der Waals surface area contributed by atoms with E-state index in [0.717, 1.165) is 11.4 Å². The Balaban J connectivity index is 0.000000275. The van der Waals surface area contributed by atoms with E-state index in [9.17, 15) is 0 Å². The van der Waals surface area contributed by atoms with Crippen molar-refractivity contribution in [2.45, 2.75) is 85.6 Å². The molecule has 4 rings (SSSR count). The van der Waals surface area contributed by atoms with Gasteiger partial charge in [0.15, 0.2) is 5.79 Å². The van der Waals surface area contributed by atoms with Crippen LogP contribution in [0.1, 0.15) is 77.3 Å². The summed E-state index contributed by atoms with van der Waals surface area (Å²) in [6.45, 7) is 23.8. The summed E-state index contributed by atoms with van der Waals surface area (Å²) in [5.74, 6) is -0.771. The molecule has 0 saturated carbocycles. The summed E-state index contributed by atoms with van der Waals surface area (Å²) in [6, 6.07) is 21.4. The number of hydrogen-bond acceptors (Lipinski definition) is 3. The maximum atomic E-state index is 6.71. The second-order valence-corrected chi connectivity index (χ2v) is 13.1. The van der Waals surface area contributed by atoms with Crippen LogP contribution in [0.2, 0.25) is 0 Å². The van der Waals surface area contributed by atoms with Crippen molar-refractivity contribution in [2.24, 2.45) is 5.73 Å². The van der Waals surface area contributed by atoms with Crippen molar-refractivity contribution < 1.29 is 24.7 Å². The molecule has 4 aromatic carbocycles. The third-order valence-corrected chi connectivity index (χ3v) is 10.7. The van der Waals surface area contributed by atoms with E-state index in [2.05, 4.69) is 141 Å². The molecular formula is C37H48N3Zr. The Morgan fingerprint density at radius 2 is 0.732 bits per heavy atom. The molecule has 0 aliphatic heterocycles. The summed E-state index contributed by atoms with van der Waals surface area (Å²) in [7, 11) is 0. The Morgan fingerprint density at radius 3 is 1.00 bits per heavy atom. The van der Waals surface area contributed by atoms with E-state index in [1.165, 1.54) is 66.8 Å². The molecule has 0 radical (unpaired) electrons. The van der Waals surface area contributed by atoms with E-state index in [-0.39, 0.29) is 0 Å². The van der Waals surface area contributed by atoms with Gasteiger partial charge in [0, 0.05) is 11.4 Å². The predicted molar refractivity (Wildman–Crippen MR) is 175 cm³/mol. The van der Waals surface area contributed by atoms with E-state index in [4.69, 9.17) is 5.73 Å². The molecule has 0 atom stereocenters. The average molecular weight is 626 g/mol. The minimum atomic E-state index is -0.771. The van der Waals surface area contributed by atoms with Gasteiger partial charge in [-0.25, -0.2) is 0 Å². The molecule has 0 saturated heterocycles. The summed E-state index contributed by atoms with van der Waals surface area (Å²) in [5, 5.41) is 7.17. The van der Waals surface area contributed by atoms with Gasteiger partial charge in [0.25, 0.3) is 0 Å². The molecule has 4 aromatic rings. The van der Waals surface area contributed by atoms with E-state index in [1.807, 2.05) is 6.92 Å². The molecule has 0 aromatic heterocycles. The van der Waals surface area contributed by atoms with E-state index in [1.54, 1.807) is 24.7 Å². The van der Waals surface area contributed by atoms with Crippen molar-refractivity contribution in [3.05, 3.63) is 127 Å². The van der Waals surface area contributed by atoms with Crippen LogP contribution in [0.4, 0.5) is 11.4 Å². The number of nitrogens with one attached hydrogen (secondary N) is 2. The molecule has 0 bridgehead atoms. The molecule has 0 aliphatic carbocycles. The van der Waals surface area contributed by atoms with Crippen LogP contribution in [-0.4, -0.2) is 5.79 Å². The topological polar surface area (TPSA) is 50.1 Å². The molecular weight excluding hydrogens is 578 g/mol. The van der Waals surface area contributed by atoms with Crippen molar-refractivity contribution >= 4 is 11.4 Å². The molecule has 4 heteroatoms. The van der Waals surface area contributed by atoms with Crippen molar-refractivity contribution in [1.29, 1.82) is 0 Å². The second kappa shape index (κ2) is 13.5. The molecule has 0 aliphatic rings. The van der Waals surface area contributed by atoms with Crippen LogP contribution in [0.15, 0.2) is 60.7 Å². The van der Waals surface area contributed by atoms with E-state index in [0.29, 0.717) is 3.63 Å². The zero-order chi connectivity index (χ0) is 30.6. The van der Waals surface area contributed by atoms with E-state index >= 15 is 0 Å². The first kappa shape index (κ1) is 32.8. The standard InChI is InChI=1S/C24H37N3.C13H11.Zr/c1-12-14(3)18(7)22(19(8)15(12)4)26-24(11,25)27-23-20(9)16(5)13(2)17(6)21(23)10;1-3-7-12(8-4-1)11-13-9-5-2-6-10-13;/h26-27H,25H2,1-11H3;1-11H;. The van der Waals surface area contributed by atoms with Gasteiger partial charge in [-0.1, -0.05) is 0 Å². The molecule has 0 amide bonds. The molecule has 0 fully saturated rings. The van der Waals surface area contributed by atoms with Crippen molar-refractivity contribution in [1.82, 2.24) is 0 Å². The third-order valence-electron chi connectivity index (χ3n) is 9.04. The Labute approximate surface area is 264 Å². The fourth-order valence-electron chi connectivity index (χ4n) is 5.41. The van der Waals surface area contributed by atoms with Crippen LogP contribution in [0, 0.1) is 69.2 Å². The molecule has 4 N–H and O–H groups in total. The summed E-state index contributed by atoms with van der Waals surface area (Å²) in [6.07, 6.45) is 0. The van der Waals surface area contributed by atoms with Gasteiger partial charge in [0.2, 0.25) is 0 Å². The summed E-state index contributed by atoms with van der Waals surface area (Å²) < 4.78 is 0.574. The number of anilines is 2.